The van der Waals surface area contributed by atoms with Crippen LogP contribution >= 0.6 is 0 Å². The predicted octanol–water partition coefficient (Wildman–Crippen LogP) is 11.5. The van der Waals surface area contributed by atoms with Gasteiger partial charge in [-0.3, -0.25) is 9.59 Å². The topological polar surface area (TPSA) is 83.6 Å². The fourth-order valence-corrected chi connectivity index (χ4v) is 6.73. The molecule has 0 spiro atoms. The lowest BCUT2D eigenvalue weighted by Crippen LogP contribution is -2.43. The number of rotatable bonds is 37. The summed E-state index contributed by atoms with van der Waals surface area (Å²) in [6, 6.07) is 0. The van der Waals surface area contributed by atoms with Crippen LogP contribution in [-0.4, -0.2) is 54.9 Å². The molecule has 0 bridgehead atoms. The summed E-state index contributed by atoms with van der Waals surface area (Å²) in [5, 5.41) is 10.6. The number of allylic oxidation sites excluding steroid dienone is 4. The van der Waals surface area contributed by atoms with Crippen molar-refractivity contribution in [2.24, 2.45) is 11.1 Å². The van der Waals surface area contributed by atoms with Gasteiger partial charge in [-0.1, -0.05) is 122 Å². The molecule has 0 heterocycles. The zero-order chi connectivity index (χ0) is 35.6. The number of unbranched alkanes of at least 4 members (excludes halogenated alkanes) is 18. The van der Waals surface area contributed by atoms with Crippen LogP contribution in [0.1, 0.15) is 200 Å². The van der Waals surface area contributed by atoms with E-state index in [9.17, 15) is 14.7 Å². The van der Waals surface area contributed by atoms with Crippen LogP contribution in [0.15, 0.2) is 24.3 Å². The molecule has 0 saturated carbocycles. The Morgan fingerprint density at radius 1 is 0.583 bits per heavy atom. The molecule has 0 rings (SSSR count). The van der Waals surface area contributed by atoms with Crippen molar-refractivity contribution < 1.29 is 14.7 Å². The van der Waals surface area contributed by atoms with E-state index in [-0.39, 0.29) is 17.7 Å². The van der Waals surface area contributed by atoms with E-state index < -0.39 is 5.41 Å². The molecule has 5 nitrogen and oxygen atoms in total. The highest BCUT2D eigenvalue weighted by molar-refractivity contribution is 6.07. The third-order valence-electron chi connectivity index (χ3n) is 10.0. The Labute approximate surface area is 299 Å². The summed E-state index contributed by atoms with van der Waals surface area (Å²) in [5.41, 5.74) is 5.04. The summed E-state index contributed by atoms with van der Waals surface area (Å²) in [7, 11) is 3.98. The Morgan fingerprint density at radius 2 is 0.979 bits per heavy atom. The second kappa shape index (κ2) is 34.2. The first-order valence-electron chi connectivity index (χ1n) is 20.7. The number of hydrogen-bond acceptors (Lipinski definition) is 5. The smallest absolute Gasteiger partial charge is 0.146 e. The number of ketones is 2. The van der Waals surface area contributed by atoms with Crippen molar-refractivity contribution in [3.05, 3.63) is 24.3 Å². The van der Waals surface area contributed by atoms with Gasteiger partial charge in [0.05, 0.1) is 11.5 Å². The molecule has 5 heteroatoms. The Balaban J connectivity index is 4.46. The van der Waals surface area contributed by atoms with E-state index in [1.165, 1.54) is 96.3 Å². The van der Waals surface area contributed by atoms with Gasteiger partial charge in [-0.2, -0.15) is 0 Å². The zero-order valence-electron chi connectivity index (χ0n) is 32.6. The van der Waals surface area contributed by atoms with Crippen LogP contribution in [0, 0.1) is 5.41 Å². The summed E-state index contributed by atoms with van der Waals surface area (Å²) in [6.45, 7) is 5.55. The number of carbonyl (C=O) groups is 2. The number of aliphatic hydroxyl groups is 1. The van der Waals surface area contributed by atoms with Crippen molar-refractivity contribution in [2.75, 3.05) is 27.2 Å². The summed E-state index contributed by atoms with van der Waals surface area (Å²) in [4.78, 5) is 29.5. The average molecular weight is 675 g/mol. The fraction of sp³-hybridized carbons (Fsp3) is 0.860. The lowest BCUT2D eigenvalue weighted by Gasteiger charge is -2.32. The fourth-order valence-electron chi connectivity index (χ4n) is 6.73. The molecule has 0 aliphatic carbocycles. The number of aliphatic hydroxyl groups excluding tert-OH is 1. The zero-order valence-corrected chi connectivity index (χ0v) is 32.6. The molecule has 0 saturated heterocycles. The number of nitrogens with two attached hydrogens (primary N) is 1. The predicted molar refractivity (Wildman–Crippen MR) is 210 cm³/mol. The molecule has 0 radical (unpaired) electrons. The first-order chi connectivity index (χ1) is 23.3. The van der Waals surface area contributed by atoms with Crippen molar-refractivity contribution in [1.82, 2.24) is 4.90 Å². The molecular formula is C43H82N2O3. The monoisotopic (exact) mass is 675 g/mol. The number of carbonyl (C=O) groups excluding carboxylic acids is 2. The van der Waals surface area contributed by atoms with Crippen molar-refractivity contribution in [1.29, 1.82) is 0 Å². The molecule has 3 N–H and O–H groups in total. The van der Waals surface area contributed by atoms with Crippen LogP contribution in [0.25, 0.3) is 0 Å². The lowest BCUT2D eigenvalue weighted by atomic mass is 9.70. The van der Waals surface area contributed by atoms with Gasteiger partial charge in [0, 0.05) is 12.8 Å². The highest BCUT2D eigenvalue weighted by Crippen LogP contribution is 2.34. The maximum atomic E-state index is 13.7. The Bertz CT molecular complexity index is 793. The minimum Gasteiger partial charge on any atom is -0.393 e. The Morgan fingerprint density at radius 3 is 1.44 bits per heavy atom. The lowest BCUT2D eigenvalue weighted by molar-refractivity contribution is -0.142. The van der Waals surface area contributed by atoms with Crippen molar-refractivity contribution in [3.63, 3.8) is 0 Å². The molecule has 0 aromatic carbocycles. The molecule has 48 heavy (non-hydrogen) atoms. The van der Waals surface area contributed by atoms with Crippen molar-refractivity contribution >= 4 is 11.6 Å². The van der Waals surface area contributed by atoms with Crippen LogP contribution in [-0.2, 0) is 9.59 Å². The SMILES string of the molecule is CCCCCCCC/C=C\CCCCCCCC(=O)C(CCN)(CCN(C)C)C(=O)CCCC(O)CCC/C=C\CCCCCCCC. The maximum absolute atomic E-state index is 13.7. The Kier molecular flexibility index (Phi) is 33.2. The molecule has 2 unspecified atom stereocenters. The van der Waals surface area contributed by atoms with E-state index in [2.05, 4.69) is 43.1 Å². The van der Waals surface area contributed by atoms with Gasteiger partial charge in [0.1, 0.15) is 11.6 Å². The normalized spacial score (nSPS) is 14.0. The Hall–Kier alpha value is -1.30. The van der Waals surface area contributed by atoms with E-state index in [1.807, 2.05) is 14.1 Å². The highest BCUT2D eigenvalue weighted by Gasteiger charge is 2.42. The average Bonchev–Trinajstić information content (AvgIpc) is 3.07. The van der Waals surface area contributed by atoms with Gasteiger partial charge in [0.25, 0.3) is 0 Å². The second-order valence-corrected chi connectivity index (χ2v) is 14.9. The second-order valence-electron chi connectivity index (χ2n) is 14.9. The van der Waals surface area contributed by atoms with E-state index in [1.54, 1.807) is 0 Å². The molecule has 0 aliphatic heterocycles. The van der Waals surface area contributed by atoms with Crippen molar-refractivity contribution in [2.45, 2.75) is 206 Å². The minimum absolute atomic E-state index is 0.0392. The van der Waals surface area contributed by atoms with Gasteiger partial charge in [0.15, 0.2) is 0 Å². The van der Waals surface area contributed by atoms with Gasteiger partial charge >= 0.3 is 0 Å². The first kappa shape index (κ1) is 46.7. The van der Waals surface area contributed by atoms with Crippen LogP contribution in [0.2, 0.25) is 0 Å². The first-order valence-corrected chi connectivity index (χ1v) is 20.7. The third kappa shape index (κ3) is 26.6. The molecule has 0 fully saturated rings. The summed E-state index contributed by atoms with van der Waals surface area (Å²) in [5.74, 6) is 0.128. The maximum Gasteiger partial charge on any atom is 0.146 e. The van der Waals surface area contributed by atoms with Gasteiger partial charge in [-0.05, 0) is 117 Å². The highest BCUT2D eigenvalue weighted by atomic mass is 16.3. The van der Waals surface area contributed by atoms with Gasteiger partial charge in [-0.15, -0.1) is 0 Å². The van der Waals surface area contributed by atoms with E-state index >= 15 is 0 Å². The third-order valence-corrected chi connectivity index (χ3v) is 10.0. The van der Waals surface area contributed by atoms with E-state index in [4.69, 9.17) is 5.73 Å². The number of Topliss-reactive ketones (excluding diaryl/α,β-unsaturated/α-hetero) is 2. The van der Waals surface area contributed by atoms with E-state index in [0.29, 0.717) is 51.6 Å². The molecule has 0 aliphatic rings. The molecule has 0 aromatic heterocycles. The molecule has 2 atom stereocenters. The molecular weight excluding hydrogens is 592 g/mol. The van der Waals surface area contributed by atoms with Crippen LogP contribution in [0.3, 0.4) is 0 Å². The molecule has 0 aromatic rings. The van der Waals surface area contributed by atoms with Crippen LogP contribution in [0.4, 0.5) is 0 Å². The number of hydrogen-bond donors (Lipinski definition) is 2. The molecule has 0 amide bonds. The summed E-state index contributed by atoms with van der Waals surface area (Å²) < 4.78 is 0. The van der Waals surface area contributed by atoms with E-state index in [0.717, 1.165) is 51.4 Å². The van der Waals surface area contributed by atoms with Crippen LogP contribution < -0.4 is 5.73 Å². The standard InChI is InChI=1S/C43H82N2O3/c1-5-7-9-11-13-15-17-18-19-20-22-24-26-28-30-34-41(47)43(36-38-44,37-39-45(3)4)42(48)35-31-33-40(46)32-29-27-25-23-21-16-14-12-10-8-6-2/h18-19,23,25,40,46H,5-17,20-22,24,26-39,44H2,1-4H3/b19-18-,25-23-. The largest absolute Gasteiger partial charge is 0.393 e. The van der Waals surface area contributed by atoms with Gasteiger partial charge < -0.3 is 15.7 Å². The number of nitrogens with zero attached hydrogens (tertiary/aromatic N) is 1. The van der Waals surface area contributed by atoms with Crippen LogP contribution in [0.5, 0.6) is 0 Å². The van der Waals surface area contributed by atoms with Crippen molar-refractivity contribution in [3.8, 4) is 0 Å². The quantitative estimate of drug-likeness (QED) is 0.0389. The minimum atomic E-state index is -0.981. The molecule has 282 valence electrons. The van der Waals surface area contributed by atoms with Gasteiger partial charge in [-0.25, -0.2) is 0 Å². The summed E-state index contributed by atoms with van der Waals surface area (Å²) in [6.07, 6.45) is 39.7. The van der Waals surface area contributed by atoms with Gasteiger partial charge in [0.2, 0.25) is 0 Å². The summed E-state index contributed by atoms with van der Waals surface area (Å²) >= 11 is 0.